The molecule has 0 radical (unpaired) electrons. The van der Waals surface area contributed by atoms with Crippen molar-refractivity contribution in [3.63, 3.8) is 0 Å². The topological polar surface area (TPSA) is 25.8 Å². The molecule has 0 bridgehead atoms. The summed E-state index contributed by atoms with van der Waals surface area (Å²) in [6.07, 6.45) is 3.64. The average molecular weight is 658 g/mol. The van der Waals surface area contributed by atoms with Crippen LogP contribution in [0.1, 0.15) is 0 Å². The van der Waals surface area contributed by atoms with E-state index in [0.29, 0.717) is 0 Å². The van der Waals surface area contributed by atoms with E-state index in [1.54, 1.807) is 6.20 Å². The number of aromatic nitrogens is 2. The molecule has 2 aromatic heterocycles. The van der Waals surface area contributed by atoms with Gasteiger partial charge in [0.25, 0.3) is 0 Å². The van der Waals surface area contributed by atoms with Crippen LogP contribution in [0.15, 0.2) is 132 Å². The summed E-state index contributed by atoms with van der Waals surface area (Å²) in [6, 6.07) is 38.8. The third-order valence-corrected chi connectivity index (χ3v) is 5.22. The van der Waals surface area contributed by atoms with Crippen LogP contribution in [0, 0.1) is 0 Å². The van der Waals surface area contributed by atoms with Gasteiger partial charge in [-0.2, -0.15) is 0 Å². The summed E-state index contributed by atoms with van der Waals surface area (Å²) in [7, 11) is 0. The number of benzene rings is 3. The second kappa shape index (κ2) is 12.2. The number of rotatable bonds is 3. The van der Waals surface area contributed by atoms with Crippen molar-refractivity contribution in [2.75, 3.05) is 0 Å². The smallest absolute Gasteiger partial charge is 0.256 e. The molecule has 5 aromatic rings. The molecule has 2 nitrogen and oxygen atoms in total. The molecule has 0 saturated carbocycles. The van der Waals surface area contributed by atoms with Gasteiger partial charge in [0.05, 0.1) is 11.4 Å². The van der Waals surface area contributed by atoms with Gasteiger partial charge in [-0.1, -0.05) is 101 Å². The Morgan fingerprint density at radius 2 is 1.12 bits per heavy atom. The summed E-state index contributed by atoms with van der Waals surface area (Å²) in [5.74, 6) is 0. The molecule has 2 heterocycles. The van der Waals surface area contributed by atoms with Crippen molar-refractivity contribution in [2.45, 2.75) is 0 Å². The third-order valence-electron chi connectivity index (χ3n) is 4.73. The van der Waals surface area contributed by atoms with E-state index >= 15 is 0 Å². The maximum Gasteiger partial charge on any atom is 3.00 e. The molecule has 0 aliphatic carbocycles. The van der Waals surface area contributed by atoms with Crippen LogP contribution in [0.5, 0.6) is 0 Å². The molecule has 3 aromatic carbocycles. The van der Waals surface area contributed by atoms with E-state index in [9.17, 15) is 0 Å². The molecule has 0 unspecified atom stereocenters. The van der Waals surface area contributed by atoms with Crippen molar-refractivity contribution in [1.82, 2.24) is 9.97 Å². The van der Waals surface area contributed by atoms with Gasteiger partial charge >= 0.3 is 20.1 Å². The van der Waals surface area contributed by atoms with E-state index in [0.717, 1.165) is 27.0 Å². The minimum atomic E-state index is 0. The molecular formula is C28H21BrIrN2+3. The molecule has 0 aliphatic heterocycles. The molecule has 4 heteroatoms. The van der Waals surface area contributed by atoms with Crippen molar-refractivity contribution < 1.29 is 20.1 Å². The largest absolute Gasteiger partial charge is 3.00 e. The van der Waals surface area contributed by atoms with Gasteiger partial charge in [-0.3, -0.25) is 9.97 Å². The number of nitrogens with zero attached hydrogens (tertiary/aromatic N) is 2. The first-order valence-electron chi connectivity index (χ1n) is 10.0. The maximum absolute atomic E-state index is 4.53. The molecular weight excluding hydrogens is 636 g/mol. The van der Waals surface area contributed by atoms with Crippen LogP contribution in [-0.2, 0) is 20.1 Å². The summed E-state index contributed by atoms with van der Waals surface area (Å²) >= 11 is 3.43. The maximum atomic E-state index is 4.53. The van der Waals surface area contributed by atoms with Gasteiger partial charge in [-0.25, -0.2) is 0 Å². The first kappa shape index (κ1) is 23.7. The van der Waals surface area contributed by atoms with Crippen LogP contribution in [0.2, 0.25) is 0 Å². The summed E-state index contributed by atoms with van der Waals surface area (Å²) < 4.78 is 1.08. The standard InChI is InChI=1S/C17H13N.C11H8BrN.Ir/c1-3-8-14(9-4-1)16-12-7-13-18-17(16)15-10-5-2-6-11-15;12-10-5-3-4-9(8-10)11-6-1-2-7-13-11;/h1-13H;1-8H;/q;;+3. The normalized spacial score (nSPS) is 9.78. The fourth-order valence-electron chi connectivity index (χ4n) is 3.26. The predicted octanol–water partition coefficient (Wildman–Crippen LogP) is 7.92. The Kier molecular flexibility index (Phi) is 9.06. The Bertz CT molecular complexity index is 1170. The molecule has 32 heavy (non-hydrogen) atoms. The average Bonchev–Trinajstić information content (AvgIpc) is 2.86. The third kappa shape index (κ3) is 6.30. The summed E-state index contributed by atoms with van der Waals surface area (Å²) in [4.78, 5) is 8.79. The van der Waals surface area contributed by atoms with E-state index < -0.39 is 0 Å². The fourth-order valence-corrected chi connectivity index (χ4v) is 3.66. The van der Waals surface area contributed by atoms with Gasteiger partial charge in [0.2, 0.25) is 0 Å². The number of halogens is 1. The Labute approximate surface area is 210 Å². The second-order valence-corrected chi connectivity index (χ2v) is 7.77. The molecule has 5 rings (SSSR count). The summed E-state index contributed by atoms with van der Waals surface area (Å²) in [5, 5.41) is 0. The van der Waals surface area contributed by atoms with E-state index in [1.165, 1.54) is 11.1 Å². The monoisotopic (exact) mass is 657 g/mol. The van der Waals surface area contributed by atoms with Crippen LogP contribution in [0.25, 0.3) is 33.6 Å². The van der Waals surface area contributed by atoms with Gasteiger partial charge in [0.15, 0.2) is 0 Å². The van der Waals surface area contributed by atoms with Crippen molar-refractivity contribution >= 4 is 15.9 Å². The predicted molar refractivity (Wildman–Crippen MR) is 132 cm³/mol. The Balaban J connectivity index is 0.000000184. The molecule has 0 N–H and O–H groups in total. The minimum absolute atomic E-state index is 0. The Morgan fingerprint density at radius 3 is 1.78 bits per heavy atom. The van der Waals surface area contributed by atoms with Crippen molar-refractivity contribution in [1.29, 1.82) is 0 Å². The van der Waals surface area contributed by atoms with E-state index in [4.69, 9.17) is 0 Å². The van der Waals surface area contributed by atoms with Gasteiger partial charge in [-0.15, -0.1) is 0 Å². The Morgan fingerprint density at radius 1 is 0.500 bits per heavy atom. The molecule has 0 amide bonds. The second-order valence-electron chi connectivity index (χ2n) is 6.86. The number of hydrogen-bond donors (Lipinski definition) is 0. The van der Waals surface area contributed by atoms with Crippen LogP contribution >= 0.6 is 15.9 Å². The van der Waals surface area contributed by atoms with Gasteiger partial charge in [-0.05, 0) is 35.9 Å². The molecule has 0 aliphatic rings. The molecule has 0 spiro atoms. The zero-order chi connectivity index (χ0) is 21.3. The minimum Gasteiger partial charge on any atom is -0.256 e. The van der Waals surface area contributed by atoms with Crippen LogP contribution in [0.4, 0.5) is 0 Å². The molecule has 156 valence electrons. The van der Waals surface area contributed by atoms with E-state index in [-0.39, 0.29) is 20.1 Å². The van der Waals surface area contributed by atoms with Gasteiger partial charge < -0.3 is 0 Å². The Hall–Kier alpha value is -2.91. The molecule has 0 fully saturated rings. The first-order chi connectivity index (χ1) is 15.3. The van der Waals surface area contributed by atoms with E-state index in [2.05, 4.69) is 74.4 Å². The fraction of sp³-hybridized carbons (Fsp3) is 0. The first-order valence-corrected chi connectivity index (χ1v) is 10.8. The van der Waals surface area contributed by atoms with Crippen LogP contribution in [-0.4, -0.2) is 9.97 Å². The number of pyridine rings is 2. The quantitative estimate of drug-likeness (QED) is 0.197. The molecule has 0 saturated heterocycles. The zero-order valence-electron chi connectivity index (χ0n) is 17.2. The van der Waals surface area contributed by atoms with Crippen molar-refractivity contribution in [3.05, 3.63) is 132 Å². The van der Waals surface area contributed by atoms with Gasteiger partial charge in [0, 0.05) is 33.6 Å². The number of hydrogen-bond acceptors (Lipinski definition) is 2. The summed E-state index contributed by atoms with van der Waals surface area (Å²) in [5.41, 5.74) is 6.69. The van der Waals surface area contributed by atoms with E-state index in [1.807, 2.05) is 72.9 Å². The van der Waals surface area contributed by atoms with Crippen LogP contribution < -0.4 is 0 Å². The van der Waals surface area contributed by atoms with Crippen LogP contribution in [0.3, 0.4) is 0 Å². The van der Waals surface area contributed by atoms with Crippen molar-refractivity contribution in [3.8, 4) is 33.6 Å². The molecule has 0 atom stereocenters. The SMILES string of the molecule is Brc1cccc(-c2ccccn2)c1.[Ir+3].c1ccc(-c2cccnc2-c2ccccc2)cc1. The van der Waals surface area contributed by atoms with Gasteiger partial charge in [0.1, 0.15) is 0 Å². The van der Waals surface area contributed by atoms with Crippen molar-refractivity contribution in [2.24, 2.45) is 0 Å². The zero-order valence-corrected chi connectivity index (χ0v) is 21.2. The summed E-state index contributed by atoms with van der Waals surface area (Å²) in [6.45, 7) is 0.